The van der Waals surface area contributed by atoms with Gasteiger partial charge in [0.1, 0.15) is 19.0 Å². The van der Waals surface area contributed by atoms with Gasteiger partial charge in [0.2, 0.25) is 5.75 Å². The van der Waals surface area contributed by atoms with Crippen molar-refractivity contribution in [3.8, 4) is 29.1 Å². The van der Waals surface area contributed by atoms with Gasteiger partial charge in [0.05, 0.1) is 18.7 Å². The van der Waals surface area contributed by atoms with Crippen LogP contribution in [0.3, 0.4) is 0 Å². The van der Waals surface area contributed by atoms with Crippen LogP contribution in [0, 0.1) is 11.3 Å². The highest BCUT2D eigenvalue weighted by atomic mass is 16.6. The molecule has 25 heavy (non-hydrogen) atoms. The molecule has 2 aromatic rings. The minimum Gasteiger partial charge on any atom is -0.493 e. The van der Waals surface area contributed by atoms with E-state index >= 15 is 0 Å². The SMILES string of the molecule is COc1cc(/C=C/C(=O)Oc2ccc(C#N)cc2)cc2c1OCCO2. The van der Waals surface area contributed by atoms with E-state index in [4.69, 9.17) is 24.2 Å². The number of nitriles is 1. The summed E-state index contributed by atoms with van der Waals surface area (Å²) in [6.45, 7) is 0.930. The predicted molar refractivity (Wildman–Crippen MR) is 89.8 cm³/mol. The van der Waals surface area contributed by atoms with Crippen molar-refractivity contribution < 1.29 is 23.7 Å². The lowest BCUT2D eigenvalue weighted by atomic mass is 10.1. The average Bonchev–Trinajstić information content (AvgIpc) is 2.66. The van der Waals surface area contributed by atoms with Crippen LogP contribution in [0.15, 0.2) is 42.5 Å². The molecule has 0 spiro atoms. The number of esters is 1. The van der Waals surface area contributed by atoms with E-state index in [0.717, 1.165) is 5.56 Å². The second-order valence-corrected chi connectivity index (χ2v) is 5.14. The Bertz CT molecular complexity index is 832. The molecular weight excluding hydrogens is 322 g/mol. The van der Waals surface area contributed by atoms with Gasteiger partial charge in [-0.2, -0.15) is 5.26 Å². The van der Waals surface area contributed by atoms with Gasteiger partial charge in [-0.05, 0) is 48.0 Å². The fourth-order valence-electron chi connectivity index (χ4n) is 2.30. The topological polar surface area (TPSA) is 77.8 Å². The first-order chi connectivity index (χ1) is 12.2. The van der Waals surface area contributed by atoms with Crippen molar-refractivity contribution in [2.24, 2.45) is 0 Å². The summed E-state index contributed by atoms with van der Waals surface area (Å²) in [5.74, 6) is 1.51. The molecule has 0 saturated heterocycles. The minimum absolute atomic E-state index is 0.369. The summed E-state index contributed by atoms with van der Waals surface area (Å²) in [4.78, 5) is 11.9. The lowest BCUT2D eigenvalue weighted by Crippen LogP contribution is -2.16. The number of hydrogen-bond donors (Lipinski definition) is 0. The Morgan fingerprint density at radius 2 is 1.96 bits per heavy atom. The molecule has 1 aliphatic rings. The first kappa shape index (κ1) is 16.4. The van der Waals surface area contributed by atoms with E-state index < -0.39 is 5.97 Å². The van der Waals surface area contributed by atoms with Gasteiger partial charge in [-0.1, -0.05) is 0 Å². The maximum atomic E-state index is 11.9. The van der Waals surface area contributed by atoms with Crippen LogP contribution in [-0.2, 0) is 4.79 Å². The van der Waals surface area contributed by atoms with Crippen molar-refractivity contribution in [1.29, 1.82) is 5.26 Å². The molecule has 0 N–H and O–H groups in total. The highest BCUT2D eigenvalue weighted by molar-refractivity contribution is 5.89. The molecule has 1 aliphatic heterocycles. The van der Waals surface area contributed by atoms with Gasteiger partial charge in [-0.25, -0.2) is 4.79 Å². The van der Waals surface area contributed by atoms with Crippen molar-refractivity contribution in [1.82, 2.24) is 0 Å². The first-order valence-corrected chi connectivity index (χ1v) is 7.57. The van der Waals surface area contributed by atoms with E-state index in [1.54, 1.807) is 49.6 Å². The standard InChI is InChI=1S/C19H15NO5/c1-22-16-10-14(11-17-19(16)24-9-8-23-17)4-7-18(21)25-15-5-2-13(12-20)3-6-15/h2-7,10-11H,8-9H2,1H3/b7-4+. The Kier molecular flexibility index (Phi) is 4.86. The third-order valence-electron chi connectivity index (χ3n) is 3.46. The van der Waals surface area contributed by atoms with Crippen LogP contribution in [0.25, 0.3) is 6.08 Å². The molecule has 1 heterocycles. The van der Waals surface area contributed by atoms with Gasteiger partial charge in [-0.3, -0.25) is 0 Å². The molecule has 0 aromatic heterocycles. The fourth-order valence-corrected chi connectivity index (χ4v) is 2.30. The normalized spacial score (nSPS) is 12.5. The lowest BCUT2D eigenvalue weighted by molar-refractivity contribution is -0.128. The predicted octanol–water partition coefficient (Wildman–Crippen LogP) is 2.96. The molecule has 6 heteroatoms. The molecular formula is C19H15NO5. The number of benzene rings is 2. The molecule has 0 saturated carbocycles. The summed E-state index contributed by atoms with van der Waals surface area (Å²) in [5.41, 5.74) is 1.22. The van der Waals surface area contributed by atoms with Crippen molar-refractivity contribution in [3.63, 3.8) is 0 Å². The van der Waals surface area contributed by atoms with Crippen LogP contribution in [0.4, 0.5) is 0 Å². The molecule has 3 rings (SSSR count). The summed E-state index contributed by atoms with van der Waals surface area (Å²) in [6, 6.07) is 11.8. The molecule has 0 fully saturated rings. The van der Waals surface area contributed by atoms with Crippen molar-refractivity contribution in [2.45, 2.75) is 0 Å². The maximum Gasteiger partial charge on any atom is 0.336 e. The lowest BCUT2D eigenvalue weighted by Gasteiger charge is -2.20. The van der Waals surface area contributed by atoms with Crippen LogP contribution in [0.1, 0.15) is 11.1 Å². The number of ether oxygens (including phenoxy) is 4. The summed E-state index contributed by atoms with van der Waals surface area (Å²) >= 11 is 0. The number of rotatable bonds is 4. The number of carbonyl (C=O) groups excluding carboxylic acids is 1. The Hall–Kier alpha value is -3.46. The summed E-state index contributed by atoms with van der Waals surface area (Å²) in [7, 11) is 1.54. The molecule has 0 unspecified atom stereocenters. The van der Waals surface area contributed by atoms with E-state index in [2.05, 4.69) is 0 Å². The Morgan fingerprint density at radius 1 is 1.20 bits per heavy atom. The first-order valence-electron chi connectivity index (χ1n) is 7.57. The van der Waals surface area contributed by atoms with Crippen molar-refractivity contribution in [2.75, 3.05) is 20.3 Å². The molecule has 0 aliphatic carbocycles. The third kappa shape index (κ3) is 3.90. The molecule has 126 valence electrons. The second kappa shape index (κ2) is 7.41. The second-order valence-electron chi connectivity index (χ2n) is 5.14. The number of carbonyl (C=O) groups is 1. The van der Waals surface area contributed by atoms with Crippen molar-refractivity contribution in [3.05, 3.63) is 53.6 Å². The summed E-state index contributed by atoms with van der Waals surface area (Å²) in [6.07, 6.45) is 2.91. The number of nitrogens with zero attached hydrogens (tertiary/aromatic N) is 1. The van der Waals surface area contributed by atoms with E-state index in [1.807, 2.05) is 6.07 Å². The molecule has 0 bridgehead atoms. The van der Waals surface area contributed by atoms with E-state index in [1.165, 1.54) is 6.08 Å². The zero-order valence-corrected chi connectivity index (χ0v) is 13.5. The molecule has 6 nitrogen and oxygen atoms in total. The zero-order chi connectivity index (χ0) is 17.6. The molecule has 0 amide bonds. The minimum atomic E-state index is -0.529. The molecule has 2 aromatic carbocycles. The van der Waals surface area contributed by atoms with Crippen LogP contribution >= 0.6 is 0 Å². The quantitative estimate of drug-likeness (QED) is 0.485. The summed E-state index contributed by atoms with van der Waals surface area (Å²) in [5, 5.41) is 8.75. The Labute approximate surface area is 144 Å². The van der Waals surface area contributed by atoms with E-state index in [0.29, 0.717) is 41.8 Å². The zero-order valence-electron chi connectivity index (χ0n) is 13.5. The van der Waals surface area contributed by atoms with Crippen LogP contribution in [0.2, 0.25) is 0 Å². The van der Waals surface area contributed by atoms with Crippen LogP contribution in [0.5, 0.6) is 23.0 Å². The summed E-state index contributed by atoms with van der Waals surface area (Å²) < 4.78 is 21.6. The molecule has 0 radical (unpaired) electrons. The van der Waals surface area contributed by atoms with Crippen LogP contribution < -0.4 is 18.9 Å². The van der Waals surface area contributed by atoms with Gasteiger partial charge in [0.15, 0.2) is 11.5 Å². The monoisotopic (exact) mass is 337 g/mol. The Morgan fingerprint density at radius 3 is 2.68 bits per heavy atom. The highest BCUT2D eigenvalue weighted by Gasteiger charge is 2.17. The number of hydrogen-bond acceptors (Lipinski definition) is 6. The number of methoxy groups -OCH3 is 1. The van der Waals surface area contributed by atoms with Crippen molar-refractivity contribution >= 4 is 12.0 Å². The van der Waals surface area contributed by atoms with E-state index in [9.17, 15) is 4.79 Å². The molecule has 0 atom stereocenters. The van der Waals surface area contributed by atoms with Gasteiger partial charge < -0.3 is 18.9 Å². The highest BCUT2D eigenvalue weighted by Crippen LogP contribution is 2.40. The largest absolute Gasteiger partial charge is 0.493 e. The Balaban J connectivity index is 1.72. The third-order valence-corrected chi connectivity index (χ3v) is 3.46. The van der Waals surface area contributed by atoms with Gasteiger partial charge in [-0.15, -0.1) is 0 Å². The smallest absolute Gasteiger partial charge is 0.336 e. The number of fused-ring (bicyclic) bond motifs is 1. The van der Waals surface area contributed by atoms with Gasteiger partial charge in [0, 0.05) is 6.08 Å². The van der Waals surface area contributed by atoms with Gasteiger partial charge >= 0.3 is 5.97 Å². The maximum absolute atomic E-state index is 11.9. The van der Waals surface area contributed by atoms with E-state index in [-0.39, 0.29) is 0 Å². The van der Waals surface area contributed by atoms with Gasteiger partial charge in [0.25, 0.3) is 0 Å². The average molecular weight is 337 g/mol. The fraction of sp³-hybridized carbons (Fsp3) is 0.158. The van der Waals surface area contributed by atoms with Crippen LogP contribution in [-0.4, -0.2) is 26.3 Å².